The molecule has 0 aromatic heterocycles. The van der Waals surface area contributed by atoms with Crippen molar-refractivity contribution < 1.29 is 0 Å². The molecule has 2 aliphatic carbocycles. The van der Waals surface area contributed by atoms with E-state index >= 15 is 0 Å². The van der Waals surface area contributed by atoms with Crippen molar-refractivity contribution in [2.75, 3.05) is 0 Å². The van der Waals surface area contributed by atoms with E-state index in [-0.39, 0.29) is 16.2 Å². The number of benzene rings is 8. The van der Waals surface area contributed by atoms with Crippen LogP contribution >= 0.6 is 0 Å². The zero-order valence-corrected chi connectivity index (χ0v) is 31.5. The van der Waals surface area contributed by atoms with E-state index in [1.54, 1.807) is 0 Å². The summed E-state index contributed by atoms with van der Waals surface area (Å²) in [6.07, 6.45) is 2.13. The van der Waals surface area contributed by atoms with Crippen molar-refractivity contribution in [3.8, 4) is 44.5 Å². The summed E-state index contributed by atoms with van der Waals surface area (Å²) in [5.74, 6) is 0. The molecule has 0 atom stereocenters. The van der Waals surface area contributed by atoms with E-state index in [4.69, 9.17) is 0 Å². The highest BCUT2D eigenvalue weighted by atomic mass is 14.4. The van der Waals surface area contributed by atoms with Gasteiger partial charge in [0.25, 0.3) is 0 Å². The molecule has 0 nitrogen and oxygen atoms in total. The Kier molecular flexibility index (Phi) is 6.47. The molecule has 0 heteroatoms. The summed E-state index contributed by atoms with van der Waals surface area (Å²) >= 11 is 0. The van der Waals surface area contributed by atoms with E-state index in [2.05, 4.69) is 176 Å². The Morgan fingerprint density at radius 1 is 0.442 bits per heavy atom. The van der Waals surface area contributed by atoms with Crippen molar-refractivity contribution in [1.82, 2.24) is 0 Å². The molecule has 254 valence electrons. The molecule has 0 fully saturated rings. The molecule has 2 aliphatic rings. The molecule has 8 aromatic carbocycles. The van der Waals surface area contributed by atoms with E-state index < -0.39 is 0 Å². The Morgan fingerprint density at radius 2 is 0.942 bits per heavy atom. The normalized spacial score (nSPS) is 15.3. The predicted octanol–water partition coefficient (Wildman–Crippen LogP) is 14.6. The van der Waals surface area contributed by atoms with Gasteiger partial charge >= 0.3 is 0 Å². The Balaban J connectivity index is 1.10. The first-order valence-electron chi connectivity index (χ1n) is 19.3. The van der Waals surface area contributed by atoms with Crippen molar-refractivity contribution >= 4 is 32.3 Å². The summed E-state index contributed by atoms with van der Waals surface area (Å²) in [4.78, 5) is 0. The summed E-state index contributed by atoms with van der Waals surface area (Å²) < 4.78 is 0. The van der Waals surface area contributed by atoms with Gasteiger partial charge in [0.2, 0.25) is 0 Å². The van der Waals surface area contributed by atoms with Crippen LogP contribution < -0.4 is 0 Å². The van der Waals surface area contributed by atoms with Crippen LogP contribution in [0.2, 0.25) is 0 Å². The number of hydrogen-bond acceptors (Lipinski definition) is 0. The average molecular weight is 671 g/mol. The van der Waals surface area contributed by atoms with E-state index in [1.807, 2.05) is 0 Å². The summed E-state index contributed by atoms with van der Waals surface area (Å²) in [5, 5.41) is 8.12. The Labute approximate surface area is 308 Å². The minimum atomic E-state index is -0.0317. The second-order valence-corrected chi connectivity index (χ2v) is 17.2. The van der Waals surface area contributed by atoms with Crippen LogP contribution in [0.25, 0.3) is 76.8 Å². The standard InChI is InChI=1S/C52H46/c1-8-52(9-2)46-29-33(32-17-22-40-39-12-10-11-13-44(39)51(6,7)45(40)28-32)18-23-41(46)42-24-19-34(30-47(42)52)38-21-16-31-14-15-35-26-37(50(3,4)5)27-36-20-25-43(38)49(31)48(35)36/h10-30H,8-9H2,1-7H3. The zero-order valence-electron chi connectivity index (χ0n) is 31.5. The fraction of sp³-hybridized carbons (Fsp3) is 0.231. The lowest BCUT2D eigenvalue weighted by molar-refractivity contribution is 0.491. The number of hydrogen-bond donors (Lipinski definition) is 0. The molecule has 0 unspecified atom stereocenters. The van der Waals surface area contributed by atoms with Gasteiger partial charge in [-0.1, -0.05) is 158 Å². The van der Waals surface area contributed by atoms with Gasteiger partial charge < -0.3 is 0 Å². The van der Waals surface area contributed by atoms with Crippen LogP contribution in [0.15, 0.2) is 127 Å². The van der Waals surface area contributed by atoms with Crippen LogP contribution in [-0.2, 0) is 16.2 Å². The number of rotatable bonds is 4. The molecule has 0 saturated carbocycles. The first-order valence-corrected chi connectivity index (χ1v) is 19.3. The third-order valence-corrected chi connectivity index (χ3v) is 13.3. The van der Waals surface area contributed by atoms with Gasteiger partial charge in [-0.3, -0.25) is 0 Å². The summed E-state index contributed by atoms with van der Waals surface area (Å²) in [7, 11) is 0. The van der Waals surface area contributed by atoms with Crippen LogP contribution in [0.4, 0.5) is 0 Å². The van der Waals surface area contributed by atoms with Gasteiger partial charge in [-0.25, -0.2) is 0 Å². The molecule has 0 radical (unpaired) electrons. The quantitative estimate of drug-likeness (QED) is 0.164. The van der Waals surface area contributed by atoms with Crippen LogP contribution in [0.3, 0.4) is 0 Å². The molecule has 0 heterocycles. The minimum Gasteiger partial charge on any atom is -0.0642 e. The summed E-state index contributed by atoms with van der Waals surface area (Å²) in [5.41, 5.74) is 18.1. The van der Waals surface area contributed by atoms with Gasteiger partial charge in [-0.2, -0.15) is 0 Å². The van der Waals surface area contributed by atoms with Crippen molar-refractivity contribution in [1.29, 1.82) is 0 Å². The smallest absolute Gasteiger partial charge is 0.0210 e. The summed E-state index contributed by atoms with van der Waals surface area (Å²) in [6, 6.07) is 49.6. The van der Waals surface area contributed by atoms with E-state index in [0.717, 1.165) is 12.8 Å². The Hall–Kier alpha value is -5.20. The van der Waals surface area contributed by atoms with Crippen molar-refractivity contribution in [3.63, 3.8) is 0 Å². The zero-order chi connectivity index (χ0) is 35.7. The monoisotopic (exact) mass is 670 g/mol. The molecule has 0 saturated heterocycles. The molecule has 0 spiro atoms. The maximum Gasteiger partial charge on any atom is 0.0210 e. The van der Waals surface area contributed by atoms with Crippen LogP contribution in [0, 0.1) is 0 Å². The van der Waals surface area contributed by atoms with Crippen LogP contribution in [0.1, 0.15) is 89.1 Å². The Morgan fingerprint density at radius 3 is 1.60 bits per heavy atom. The van der Waals surface area contributed by atoms with E-state index in [9.17, 15) is 0 Å². The SMILES string of the molecule is CCC1(CC)c2cc(-c3ccc4c(c3)C(C)(C)c3ccccc3-4)ccc2-c2ccc(-c3ccc4ccc5cc(C(C)(C)C)cc6ccc3c4c56)cc21. The highest BCUT2D eigenvalue weighted by molar-refractivity contribution is 6.25. The second kappa shape index (κ2) is 10.7. The number of fused-ring (bicyclic) bond motifs is 6. The topological polar surface area (TPSA) is 0 Å². The first-order chi connectivity index (χ1) is 25.0. The molecular weight excluding hydrogens is 625 g/mol. The van der Waals surface area contributed by atoms with Gasteiger partial charge in [-0.15, -0.1) is 0 Å². The third-order valence-electron chi connectivity index (χ3n) is 13.3. The van der Waals surface area contributed by atoms with Gasteiger partial charge in [0.15, 0.2) is 0 Å². The van der Waals surface area contributed by atoms with Crippen LogP contribution in [0.5, 0.6) is 0 Å². The highest BCUT2D eigenvalue weighted by Crippen LogP contribution is 2.55. The van der Waals surface area contributed by atoms with Crippen molar-refractivity contribution in [2.24, 2.45) is 0 Å². The third kappa shape index (κ3) is 4.16. The Bertz CT molecular complexity index is 2740. The average Bonchev–Trinajstić information content (AvgIpc) is 3.57. The largest absolute Gasteiger partial charge is 0.0642 e. The molecular formula is C52H46. The van der Waals surface area contributed by atoms with Crippen molar-refractivity contribution in [2.45, 2.75) is 77.6 Å². The van der Waals surface area contributed by atoms with E-state index in [0.29, 0.717) is 0 Å². The maximum atomic E-state index is 2.54. The molecule has 52 heavy (non-hydrogen) atoms. The molecule has 0 aliphatic heterocycles. The molecule has 0 bridgehead atoms. The van der Waals surface area contributed by atoms with Gasteiger partial charge in [0.1, 0.15) is 0 Å². The molecule has 0 amide bonds. The highest BCUT2D eigenvalue weighted by Gasteiger charge is 2.41. The van der Waals surface area contributed by atoms with E-state index in [1.165, 1.54) is 105 Å². The van der Waals surface area contributed by atoms with Crippen molar-refractivity contribution in [3.05, 3.63) is 155 Å². The fourth-order valence-corrected chi connectivity index (χ4v) is 10.2. The van der Waals surface area contributed by atoms with Gasteiger partial charge in [-0.05, 0) is 141 Å². The predicted molar refractivity (Wildman–Crippen MR) is 224 cm³/mol. The fourth-order valence-electron chi connectivity index (χ4n) is 10.2. The molecule has 8 aromatic rings. The van der Waals surface area contributed by atoms with Gasteiger partial charge in [0.05, 0.1) is 0 Å². The lowest BCUT2D eigenvalue weighted by Gasteiger charge is -2.30. The minimum absolute atomic E-state index is 0.0115. The lowest BCUT2D eigenvalue weighted by atomic mass is 9.73. The summed E-state index contributed by atoms with van der Waals surface area (Å²) in [6.45, 7) is 16.5. The van der Waals surface area contributed by atoms with Crippen LogP contribution in [-0.4, -0.2) is 0 Å². The van der Waals surface area contributed by atoms with Gasteiger partial charge in [0, 0.05) is 10.8 Å². The lowest BCUT2D eigenvalue weighted by Crippen LogP contribution is -2.23. The second-order valence-electron chi connectivity index (χ2n) is 17.2. The maximum absolute atomic E-state index is 2.54. The first kappa shape index (κ1) is 31.5. The molecule has 10 rings (SSSR count). The molecule has 0 N–H and O–H groups in total.